The molecular formula is C23H20F2N4O2. The Morgan fingerprint density at radius 3 is 2.87 bits per heavy atom. The number of H-pyrrole nitrogens is 2. The highest BCUT2D eigenvalue weighted by atomic mass is 19.1. The first-order valence-electron chi connectivity index (χ1n) is 9.87. The van der Waals surface area contributed by atoms with Gasteiger partial charge < -0.3 is 19.4 Å². The molecule has 0 aliphatic heterocycles. The van der Waals surface area contributed by atoms with E-state index in [2.05, 4.69) is 19.9 Å². The van der Waals surface area contributed by atoms with Gasteiger partial charge in [0.2, 0.25) is 0 Å². The smallest absolute Gasteiger partial charge is 0.149 e. The van der Waals surface area contributed by atoms with Crippen LogP contribution in [0.25, 0.3) is 22.1 Å². The van der Waals surface area contributed by atoms with Gasteiger partial charge in [-0.1, -0.05) is 12.1 Å². The number of alkyl halides is 1. The lowest BCUT2D eigenvalue weighted by Crippen LogP contribution is -2.27. The van der Waals surface area contributed by atoms with E-state index in [9.17, 15) is 4.39 Å². The lowest BCUT2D eigenvalue weighted by Gasteiger charge is -2.25. The predicted molar refractivity (Wildman–Crippen MR) is 113 cm³/mol. The van der Waals surface area contributed by atoms with Crippen LogP contribution >= 0.6 is 0 Å². The van der Waals surface area contributed by atoms with Crippen LogP contribution in [0.2, 0.25) is 0 Å². The topological polar surface area (TPSA) is 75.8 Å². The lowest BCUT2D eigenvalue weighted by molar-refractivity contribution is 0.0255. The number of pyridine rings is 1. The molecule has 3 aromatic heterocycles. The third kappa shape index (κ3) is 3.64. The number of imidazole rings is 1. The Bertz CT molecular complexity index is 1260. The minimum atomic E-state index is -1.53. The Morgan fingerprint density at radius 2 is 2.03 bits per heavy atom. The van der Waals surface area contributed by atoms with Gasteiger partial charge in [0.05, 0.1) is 11.0 Å². The van der Waals surface area contributed by atoms with Crippen molar-refractivity contribution in [3.8, 4) is 0 Å². The highest BCUT2D eigenvalue weighted by Gasteiger charge is 2.31. The van der Waals surface area contributed by atoms with E-state index in [0.29, 0.717) is 17.0 Å². The second-order valence-electron chi connectivity index (χ2n) is 7.32. The number of rotatable bonds is 6. The van der Waals surface area contributed by atoms with Gasteiger partial charge in [-0.25, -0.2) is 18.7 Å². The summed E-state index contributed by atoms with van der Waals surface area (Å²) < 4.78 is 41.1. The molecule has 6 nitrogen and oxygen atoms in total. The lowest BCUT2D eigenvalue weighted by atomic mass is 9.93. The summed E-state index contributed by atoms with van der Waals surface area (Å²) in [6, 6.07) is 11.2. The van der Waals surface area contributed by atoms with Gasteiger partial charge in [0.1, 0.15) is 42.3 Å². The first-order valence-corrected chi connectivity index (χ1v) is 9.87. The Labute approximate surface area is 176 Å². The molecule has 3 unspecified atom stereocenters. The molecular weight excluding hydrogens is 402 g/mol. The molecule has 8 heteroatoms. The highest BCUT2D eigenvalue weighted by molar-refractivity contribution is 5.80. The number of fused-ring (bicyclic) bond motifs is 2. The van der Waals surface area contributed by atoms with Crippen LogP contribution in [0.3, 0.4) is 0 Å². The van der Waals surface area contributed by atoms with Crippen molar-refractivity contribution in [1.29, 1.82) is 0 Å². The van der Waals surface area contributed by atoms with Crippen LogP contribution in [0.1, 0.15) is 17.5 Å². The third-order valence-electron chi connectivity index (χ3n) is 5.37. The summed E-state index contributed by atoms with van der Waals surface area (Å²) in [6.45, 7) is 0.0363. The van der Waals surface area contributed by atoms with Crippen molar-refractivity contribution >= 4 is 22.1 Å². The molecule has 0 radical (unpaired) electrons. The van der Waals surface area contributed by atoms with Crippen LogP contribution in [0.4, 0.5) is 8.78 Å². The van der Waals surface area contributed by atoms with Crippen molar-refractivity contribution in [2.75, 3.05) is 7.11 Å². The van der Waals surface area contributed by atoms with Crippen molar-refractivity contribution in [3.63, 3.8) is 0 Å². The van der Waals surface area contributed by atoms with E-state index in [1.54, 1.807) is 18.5 Å². The van der Waals surface area contributed by atoms with E-state index in [1.807, 2.05) is 30.3 Å². The van der Waals surface area contributed by atoms with E-state index in [-0.39, 0.29) is 12.2 Å². The van der Waals surface area contributed by atoms with Gasteiger partial charge in [-0.15, -0.1) is 0 Å². The van der Waals surface area contributed by atoms with Crippen molar-refractivity contribution in [1.82, 2.24) is 19.9 Å². The average molecular weight is 422 g/mol. The van der Waals surface area contributed by atoms with Crippen molar-refractivity contribution in [2.24, 2.45) is 0 Å². The third-order valence-corrected chi connectivity index (χ3v) is 5.37. The molecule has 1 aromatic carbocycles. The molecule has 3 heterocycles. The first-order chi connectivity index (χ1) is 15.1. The van der Waals surface area contributed by atoms with Gasteiger partial charge in [0.15, 0.2) is 0 Å². The Balaban J connectivity index is 1.35. The van der Waals surface area contributed by atoms with Crippen LogP contribution in [-0.4, -0.2) is 39.3 Å². The summed E-state index contributed by atoms with van der Waals surface area (Å²) >= 11 is 0. The average Bonchev–Trinajstić information content (AvgIpc) is 3.39. The summed E-state index contributed by atoms with van der Waals surface area (Å²) in [5, 5.41) is 0.793. The predicted octanol–water partition coefficient (Wildman–Crippen LogP) is 4.84. The SMILES string of the molecule is COC(C1=CC(F)C(OCc2nc3ccccc3[nH]2)C=C1F)c1c[nH]c2ncccc12. The molecule has 0 fully saturated rings. The molecule has 2 N–H and O–H groups in total. The highest BCUT2D eigenvalue weighted by Crippen LogP contribution is 2.38. The van der Waals surface area contributed by atoms with Crippen LogP contribution in [0, 0.1) is 0 Å². The largest absolute Gasteiger partial charge is 0.372 e. The van der Waals surface area contributed by atoms with E-state index >= 15 is 4.39 Å². The number of benzene rings is 1. The zero-order valence-corrected chi connectivity index (χ0v) is 16.7. The Kier molecular flexibility index (Phi) is 5.09. The number of aromatic amines is 2. The minimum Gasteiger partial charge on any atom is -0.372 e. The number of halogens is 2. The quantitative estimate of drug-likeness (QED) is 0.466. The summed E-state index contributed by atoms with van der Waals surface area (Å²) in [5.41, 5.74) is 3.13. The van der Waals surface area contributed by atoms with Crippen LogP contribution in [0.15, 0.2) is 72.3 Å². The summed E-state index contributed by atoms with van der Waals surface area (Å²) in [5.74, 6) is -0.0216. The second kappa shape index (κ2) is 8.05. The number of nitrogens with zero attached hydrogens (tertiary/aromatic N) is 2. The second-order valence-corrected chi connectivity index (χ2v) is 7.32. The van der Waals surface area contributed by atoms with Gasteiger partial charge in [0, 0.05) is 36.0 Å². The molecule has 1 aliphatic carbocycles. The summed E-state index contributed by atoms with van der Waals surface area (Å²) in [6.07, 6.45) is 2.38. The molecule has 5 rings (SSSR count). The molecule has 0 spiro atoms. The fourth-order valence-electron chi connectivity index (χ4n) is 3.90. The molecule has 158 valence electrons. The minimum absolute atomic E-state index is 0.0363. The molecule has 0 saturated carbocycles. The Hall–Kier alpha value is -3.36. The molecule has 3 atom stereocenters. The number of methoxy groups -OCH3 is 1. The van der Waals surface area contributed by atoms with Gasteiger partial charge in [-0.05, 0) is 36.4 Å². The maximum Gasteiger partial charge on any atom is 0.149 e. The van der Waals surface area contributed by atoms with E-state index in [4.69, 9.17) is 9.47 Å². The van der Waals surface area contributed by atoms with Crippen LogP contribution in [0.5, 0.6) is 0 Å². The van der Waals surface area contributed by atoms with Crippen LogP contribution in [-0.2, 0) is 16.1 Å². The molecule has 0 saturated heterocycles. The van der Waals surface area contributed by atoms with E-state index in [1.165, 1.54) is 13.2 Å². The normalized spacial score (nSPS) is 20.1. The fourth-order valence-corrected chi connectivity index (χ4v) is 3.90. The molecule has 0 bridgehead atoms. The van der Waals surface area contributed by atoms with E-state index in [0.717, 1.165) is 22.5 Å². The Morgan fingerprint density at radius 1 is 1.16 bits per heavy atom. The number of ether oxygens (including phenoxy) is 2. The number of para-hydroxylation sites is 2. The molecule has 0 amide bonds. The maximum absolute atomic E-state index is 15.0. The first kappa shape index (κ1) is 19.6. The van der Waals surface area contributed by atoms with Crippen LogP contribution < -0.4 is 0 Å². The number of nitrogens with one attached hydrogen (secondary N) is 2. The van der Waals surface area contributed by atoms with Crippen molar-refractivity contribution < 1.29 is 18.3 Å². The molecule has 4 aromatic rings. The van der Waals surface area contributed by atoms with Gasteiger partial charge in [-0.2, -0.15) is 0 Å². The fraction of sp³-hybridized carbons (Fsp3) is 0.217. The maximum atomic E-state index is 15.0. The number of hydrogen-bond donors (Lipinski definition) is 2. The molecule has 1 aliphatic rings. The number of aromatic nitrogens is 4. The zero-order valence-electron chi connectivity index (χ0n) is 16.7. The summed E-state index contributed by atoms with van der Waals surface area (Å²) in [7, 11) is 1.46. The summed E-state index contributed by atoms with van der Waals surface area (Å²) in [4.78, 5) is 14.8. The van der Waals surface area contributed by atoms with Gasteiger partial charge >= 0.3 is 0 Å². The zero-order chi connectivity index (χ0) is 21.4. The standard InChI is InChI=1S/C23H20F2N4O2/c1-30-22(15-11-27-23-13(15)5-4-8-26-23)14-9-17(25)20(10-16(14)24)31-12-21-28-18-6-2-3-7-19(18)29-21/h2-11,17,20,22H,12H2,1H3,(H,26,27)(H,28,29). The van der Waals surface area contributed by atoms with Crippen molar-refractivity contribution in [3.05, 3.63) is 83.7 Å². The molecule has 31 heavy (non-hydrogen) atoms. The number of hydrogen-bond acceptors (Lipinski definition) is 4. The van der Waals surface area contributed by atoms with Gasteiger partial charge in [-0.3, -0.25) is 0 Å². The van der Waals surface area contributed by atoms with E-state index < -0.39 is 24.2 Å². The monoisotopic (exact) mass is 422 g/mol. The van der Waals surface area contributed by atoms with Crippen molar-refractivity contribution in [2.45, 2.75) is 25.0 Å². The van der Waals surface area contributed by atoms with Gasteiger partial charge in [0.25, 0.3) is 0 Å².